The Morgan fingerprint density at radius 3 is 2.67 bits per heavy atom. The van der Waals surface area contributed by atoms with Gasteiger partial charge in [0.1, 0.15) is 0 Å². The van der Waals surface area contributed by atoms with Crippen LogP contribution in [0.2, 0.25) is 0 Å². The Hall–Kier alpha value is -0.650. The number of amides is 1. The fourth-order valence-electron chi connectivity index (χ4n) is 1.14. The van der Waals surface area contributed by atoms with Gasteiger partial charge in [0.15, 0.2) is 0 Å². The molecule has 0 radical (unpaired) electrons. The summed E-state index contributed by atoms with van der Waals surface area (Å²) in [5, 5.41) is 2.81. The molecule has 90 valence electrons. The van der Waals surface area contributed by atoms with E-state index in [2.05, 4.69) is 5.32 Å². The van der Waals surface area contributed by atoms with Gasteiger partial charge in [-0.15, -0.1) is 0 Å². The summed E-state index contributed by atoms with van der Waals surface area (Å²) in [6.07, 6.45) is 0.0907. The largest absolute Gasteiger partial charge is 0.380 e. The van der Waals surface area contributed by atoms with E-state index in [9.17, 15) is 4.79 Å². The predicted octanol–water partition coefficient (Wildman–Crippen LogP) is -0.109. The second-order valence-corrected chi connectivity index (χ2v) is 3.43. The second kappa shape index (κ2) is 8.64. The number of rotatable bonds is 8. The SMILES string of the molecule is CCOCC(C)NC(=O)CC(CN)OC. The maximum absolute atomic E-state index is 11.4. The maximum Gasteiger partial charge on any atom is 0.222 e. The molecule has 0 aromatic carbocycles. The quantitative estimate of drug-likeness (QED) is 0.596. The zero-order chi connectivity index (χ0) is 11.7. The standard InChI is InChI=1S/C10H22N2O3/c1-4-15-7-8(2)12-10(13)5-9(6-11)14-3/h8-9H,4-7,11H2,1-3H3,(H,12,13). The Morgan fingerprint density at radius 1 is 1.53 bits per heavy atom. The molecule has 0 aliphatic carbocycles. The van der Waals surface area contributed by atoms with Crippen LogP contribution in [-0.2, 0) is 14.3 Å². The van der Waals surface area contributed by atoms with Gasteiger partial charge in [0.05, 0.1) is 19.1 Å². The molecule has 0 rings (SSSR count). The third kappa shape index (κ3) is 7.30. The van der Waals surface area contributed by atoms with Crippen molar-refractivity contribution in [1.82, 2.24) is 5.32 Å². The summed E-state index contributed by atoms with van der Waals surface area (Å²) < 4.78 is 10.2. The van der Waals surface area contributed by atoms with Gasteiger partial charge in [-0.3, -0.25) is 4.79 Å². The van der Waals surface area contributed by atoms with Crippen molar-refractivity contribution in [3.8, 4) is 0 Å². The van der Waals surface area contributed by atoms with E-state index in [-0.39, 0.29) is 18.1 Å². The van der Waals surface area contributed by atoms with Crippen molar-refractivity contribution in [2.24, 2.45) is 5.73 Å². The average molecular weight is 218 g/mol. The van der Waals surface area contributed by atoms with E-state index in [1.165, 1.54) is 0 Å². The average Bonchev–Trinajstić information content (AvgIpc) is 2.22. The fraction of sp³-hybridized carbons (Fsp3) is 0.900. The molecule has 2 unspecified atom stereocenters. The van der Waals surface area contributed by atoms with Crippen LogP contribution in [0.15, 0.2) is 0 Å². The van der Waals surface area contributed by atoms with Crippen LogP contribution in [0.5, 0.6) is 0 Å². The van der Waals surface area contributed by atoms with Crippen molar-refractivity contribution >= 4 is 5.91 Å². The molecular formula is C10H22N2O3. The Balaban J connectivity index is 3.71. The van der Waals surface area contributed by atoms with Gasteiger partial charge < -0.3 is 20.5 Å². The summed E-state index contributed by atoms with van der Waals surface area (Å²) in [5.41, 5.74) is 5.41. The Labute approximate surface area is 91.3 Å². The van der Waals surface area contributed by atoms with E-state index < -0.39 is 0 Å². The summed E-state index contributed by atoms with van der Waals surface area (Å²) in [6, 6.07) is 0.0210. The van der Waals surface area contributed by atoms with Crippen molar-refractivity contribution in [2.75, 3.05) is 26.9 Å². The number of ether oxygens (including phenoxy) is 2. The smallest absolute Gasteiger partial charge is 0.222 e. The molecule has 5 nitrogen and oxygen atoms in total. The molecule has 0 fully saturated rings. The molecule has 2 atom stereocenters. The van der Waals surface area contributed by atoms with Crippen molar-refractivity contribution in [3.05, 3.63) is 0 Å². The van der Waals surface area contributed by atoms with Crippen LogP contribution >= 0.6 is 0 Å². The third-order valence-electron chi connectivity index (χ3n) is 1.99. The van der Waals surface area contributed by atoms with Crippen LogP contribution in [0.4, 0.5) is 0 Å². The van der Waals surface area contributed by atoms with Crippen LogP contribution in [0.1, 0.15) is 20.3 Å². The molecule has 0 aromatic rings. The van der Waals surface area contributed by atoms with Gasteiger partial charge in [-0.1, -0.05) is 0 Å². The van der Waals surface area contributed by atoms with E-state index in [4.69, 9.17) is 15.2 Å². The lowest BCUT2D eigenvalue weighted by molar-refractivity contribution is -0.124. The first-order valence-corrected chi connectivity index (χ1v) is 5.24. The lowest BCUT2D eigenvalue weighted by Gasteiger charge is -2.16. The molecule has 0 aliphatic heterocycles. The van der Waals surface area contributed by atoms with Crippen molar-refractivity contribution in [2.45, 2.75) is 32.4 Å². The van der Waals surface area contributed by atoms with E-state index in [1.54, 1.807) is 7.11 Å². The minimum atomic E-state index is -0.204. The van der Waals surface area contributed by atoms with Crippen LogP contribution < -0.4 is 11.1 Å². The van der Waals surface area contributed by atoms with Gasteiger partial charge in [-0.2, -0.15) is 0 Å². The molecule has 1 amide bonds. The summed E-state index contributed by atoms with van der Waals surface area (Å²) in [4.78, 5) is 11.4. The number of carbonyl (C=O) groups excluding carboxylic acids is 1. The van der Waals surface area contributed by atoms with E-state index in [0.29, 0.717) is 26.2 Å². The first-order chi connectivity index (χ1) is 7.13. The number of hydrogen-bond acceptors (Lipinski definition) is 4. The van der Waals surface area contributed by atoms with Gasteiger partial charge in [0.2, 0.25) is 5.91 Å². The maximum atomic E-state index is 11.4. The summed E-state index contributed by atoms with van der Waals surface area (Å²) >= 11 is 0. The zero-order valence-electron chi connectivity index (χ0n) is 9.79. The fourth-order valence-corrected chi connectivity index (χ4v) is 1.14. The zero-order valence-corrected chi connectivity index (χ0v) is 9.79. The predicted molar refractivity (Wildman–Crippen MR) is 58.6 cm³/mol. The van der Waals surface area contributed by atoms with E-state index in [1.807, 2.05) is 13.8 Å². The third-order valence-corrected chi connectivity index (χ3v) is 1.99. The number of methoxy groups -OCH3 is 1. The van der Waals surface area contributed by atoms with Crippen molar-refractivity contribution < 1.29 is 14.3 Å². The molecule has 0 spiro atoms. The number of hydrogen-bond donors (Lipinski definition) is 2. The first kappa shape index (κ1) is 14.3. The van der Waals surface area contributed by atoms with Crippen molar-refractivity contribution in [1.29, 1.82) is 0 Å². The lowest BCUT2D eigenvalue weighted by atomic mass is 10.2. The normalized spacial score (nSPS) is 14.7. The van der Waals surface area contributed by atoms with Gasteiger partial charge >= 0.3 is 0 Å². The first-order valence-electron chi connectivity index (χ1n) is 5.24. The Morgan fingerprint density at radius 2 is 2.20 bits per heavy atom. The molecule has 15 heavy (non-hydrogen) atoms. The summed E-state index contributed by atoms with van der Waals surface area (Å²) in [5.74, 6) is -0.0560. The van der Waals surface area contributed by atoms with E-state index in [0.717, 1.165) is 0 Å². The summed E-state index contributed by atoms with van der Waals surface area (Å²) in [7, 11) is 1.55. The van der Waals surface area contributed by atoms with Gasteiger partial charge in [-0.25, -0.2) is 0 Å². The van der Waals surface area contributed by atoms with Crippen LogP contribution in [0.25, 0.3) is 0 Å². The molecular weight excluding hydrogens is 196 g/mol. The van der Waals surface area contributed by atoms with Crippen LogP contribution in [0, 0.1) is 0 Å². The van der Waals surface area contributed by atoms with Crippen molar-refractivity contribution in [3.63, 3.8) is 0 Å². The molecule has 0 heterocycles. The van der Waals surface area contributed by atoms with Gasteiger partial charge in [0, 0.05) is 26.3 Å². The molecule has 0 saturated heterocycles. The minimum Gasteiger partial charge on any atom is -0.380 e. The highest BCUT2D eigenvalue weighted by molar-refractivity contribution is 5.76. The molecule has 3 N–H and O–H groups in total. The van der Waals surface area contributed by atoms with Gasteiger partial charge in [-0.05, 0) is 13.8 Å². The van der Waals surface area contributed by atoms with E-state index >= 15 is 0 Å². The molecule has 0 aliphatic rings. The molecule has 0 aromatic heterocycles. The van der Waals surface area contributed by atoms with Crippen LogP contribution in [0.3, 0.4) is 0 Å². The lowest BCUT2D eigenvalue weighted by Crippen LogP contribution is -2.39. The summed E-state index contributed by atoms with van der Waals surface area (Å²) in [6.45, 7) is 5.36. The number of nitrogens with one attached hydrogen (secondary N) is 1. The Kier molecular flexibility index (Phi) is 8.27. The molecule has 5 heteroatoms. The highest BCUT2D eigenvalue weighted by Gasteiger charge is 2.13. The van der Waals surface area contributed by atoms with Crippen LogP contribution in [-0.4, -0.2) is 44.9 Å². The minimum absolute atomic E-state index is 0.0210. The number of nitrogens with two attached hydrogens (primary N) is 1. The topological polar surface area (TPSA) is 73.6 Å². The molecule has 0 bridgehead atoms. The second-order valence-electron chi connectivity index (χ2n) is 3.43. The highest BCUT2D eigenvalue weighted by Crippen LogP contribution is 1.95. The Bertz CT molecular complexity index is 172. The monoisotopic (exact) mass is 218 g/mol. The van der Waals surface area contributed by atoms with Gasteiger partial charge in [0.25, 0.3) is 0 Å². The highest BCUT2D eigenvalue weighted by atomic mass is 16.5. The number of carbonyl (C=O) groups is 1. The molecule has 0 saturated carbocycles.